The number of likely N-dealkylation sites (tertiary alicyclic amines) is 1. The molecule has 0 radical (unpaired) electrons. The lowest BCUT2D eigenvalue weighted by atomic mass is 9.95. The number of ether oxygens (including phenoxy) is 2. The van der Waals surface area contributed by atoms with Crippen molar-refractivity contribution in [3.63, 3.8) is 0 Å². The van der Waals surface area contributed by atoms with Crippen LogP contribution in [-0.4, -0.2) is 75.1 Å². The molecule has 3 fully saturated rings. The standard InChI is InChI=1S/C29H36ClF2N3O5S2/c1-29(11-2-3-13-39-29)28(36)34-42(37,38)24-14-25(30)27(26(32)15-24)33-20(18-41-23-8-4-19(31)5-9-23)10-12-35-16-22(17-35)40-21-6-7-21/h4-5,8-9,14-15,20-22,33H,2-3,6-7,10-13,16-18H2,1H3,(H,34,36)/t20-,29-/m1/s1. The zero-order valence-corrected chi connectivity index (χ0v) is 25.8. The van der Waals surface area contributed by atoms with E-state index >= 15 is 4.39 Å². The van der Waals surface area contributed by atoms with Gasteiger partial charge in [0, 0.05) is 42.9 Å². The topological polar surface area (TPSA) is 97.0 Å². The zero-order valence-electron chi connectivity index (χ0n) is 23.4. The van der Waals surface area contributed by atoms with Crippen LogP contribution in [-0.2, 0) is 24.3 Å². The Labute approximate surface area is 254 Å². The summed E-state index contributed by atoms with van der Waals surface area (Å²) < 4.78 is 68.2. The molecule has 2 aromatic carbocycles. The van der Waals surface area contributed by atoms with Gasteiger partial charge in [-0.05, 0) is 81.8 Å². The maximum Gasteiger partial charge on any atom is 0.265 e. The van der Waals surface area contributed by atoms with E-state index < -0.39 is 32.2 Å². The molecule has 1 amide bonds. The highest BCUT2D eigenvalue weighted by Gasteiger charge is 2.39. The average Bonchev–Trinajstić information content (AvgIpc) is 3.75. The number of amides is 1. The molecule has 0 unspecified atom stereocenters. The molecule has 3 aliphatic rings. The summed E-state index contributed by atoms with van der Waals surface area (Å²) in [4.78, 5) is 15.4. The number of hydrogen-bond donors (Lipinski definition) is 2. The fourth-order valence-electron chi connectivity index (χ4n) is 4.98. The second-order valence-corrected chi connectivity index (χ2v) is 14.5. The molecule has 2 aliphatic heterocycles. The molecule has 0 aromatic heterocycles. The van der Waals surface area contributed by atoms with E-state index in [1.165, 1.54) is 23.9 Å². The summed E-state index contributed by atoms with van der Waals surface area (Å²) in [6.07, 6.45) is 5.51. The van der Waals surface area contributed by atoms with Crippen LogP contribution in [0.5, 0.6) is 0 Å². The minimum atomic E-state index is -4.40. The van der Waals surface area contributed by atoms with Crippen LogP contribution in [0.2, 0.25) is 5.02 Å². The van der Waals surface area contributed by atoms with Gasteiger partial charge < -0.3 is 14.8 Å². The van der Waals surface area contributed by atoms with Gasteiger partial charge in [-0.25, -0.2) is 21.9 Å². The van der Waals surface area contributed by atoms with Crippen molar-refractivity contribution in [2.45, 2.75) is 79.1 Å². The maximum atomic E-state index is 15.4. The van der Waals surface area contributed by atoms with Gasteiger partial charge in [-0.1, -0.05) is 11.6 Å². The van der Waals surface area contributed by atoms with Crippen molar-refractivity contribution in [1.82, 2.24) is 9.62 Å². The molecule has 5 rings (SSSR count). The molecule has 2 heterocycles. The molecule has 8 nitrogen and oxygen atoms in total. The number of halogens is 3. The molecular weight excluding hydrogens is 608 g/mol. The molecule has 2 saturated heterocycles. The van der Waals surface area contributed by atoms with Gasteiger partial charge in [-0.2, -0.15) is 0 Å². The second kappa shape index (κ2) is 13.4. The highest BCUT2D eigenvalue weighted by molar-refractivity contribution is 7.99. The Balaban J connectivity index is 1.25. The molecule has 0 spiro atoms. The van der Waals surface area contributed by atoms with Crippen LogP contribution in [0.3, 0.4) is 0 Å². The first-order valence-electron chi connectivity index (χ1n) is 14.2. The lowest BCUT2D eigenvalue weighted by Gasteiger charge is -2.39. The van der Waals surface area contributed by atoms with Crippen LogP contribution in [0.15, 0.2) is 46.2 Å². The number of hydrogen-bond acceptors (Lipinski definition) is 8. The van der Waals surface area contributed by atoms with Crippen LogP contribution in [0, 0.1) is 11.6 Å². The highest BCUT2D eigenvalue weighted by atomic mass is 35.5. The molecule has 2 N–H and O–H groups in total. The Morgan fingerprint density at radius 2 is 1.93 bits per heavy atom. The van der Waals surface area contributed by atoms with Crippen molar-refractivity contribution in [2.75, 3.05) is 37.3 Å². The molecular formula is C29H36ClF2N3O5S2. The quantitative estimate of drug-likeness (QED) is 0.287. The Morgan fingerprint density at radius 1 is 1.19 bits per heavy atom. The van der Waals surface area contributed by atoms with Crippen LogP contribution >= 0.6 is 23.4 Å². The number of nitrogens with zero attached hydrogens (tertiary/aromatic N) is 1. The summed E-state index contributed by atoms with van der Waals surface area (Å²) in [5.74, 6) is -1.44. The van der Waals surface area contributed by atoms with Gasteiger partial charge in [-0.15, -0.1) is 11.8 Å². The SMILES string of the molecule is C[C@]1(C(=O)NS(=O)(=O)c2cc(F)c(N[C@H](CCN3CC(OC4CC4)C3)CSc3ccc(F)cc3)c(Cl)c2)CCCCO1. The van der Waals surface area contributed by atoms with Gasteiger partial charge >= 0.3 is 0 Å². The number of carbonyl (C=O) groups is 1. The third kappa shape index (κ3) is 8.15. The Kier molecular flexibility index (Phi) is 10.0. The number of nitrogens with one attached hydrogen (secondary N) is 2. The van der Waals surface area contributed by atoms with Gasteiger partial charge in [0.2, 0.25) is 0 Å². The molecule has 13 heteroatoms. The summed E-state index contributed by atoms with van der Waals surface area (Å²) in [5, 5.41) is 3.05. The van der Waals surface area contributed by atoms with Gasteiger partial charge in [-0.3, -0.25) is 9.69 Å². The Bertz CT molecular complexity index is 1340. The van der Waals surface area contributed by atoms with Crippen molar-refractivity contribution >= 4 is 45.0 Å². The number of carbonyl (C=O) groups excluding carboxylic acids is 1. The lowest BCUT2D eigenvalue weighted by molar-refractivity contribution is -0.148. The Morgan fingerprint density at radius 3 is 2.57 bits per heavy atom. The third-order valence-corrected chi connectivity index (χ3v) is 10.5. The zero-order chi connectivity index (χ0) is 29.9. The van der Waals surface area contributed by atoms with Gasteiger partial charge in [0.05, 0.1) is 27.8 Å². The first kappa shape index (κ1) is 31.5. The van der Waals surface area contributed by atoms with Crippen LogP contribution in [0.1, 0.15) is 45.4 Å². The highest BCUT2D eigenvalue weighted by Crippen LogP contribution is 2.33. The largest absolute Gasteiger partial charge is 0.378 e. The van der Waals surface area contributed by atoms with E-state index in [4.69, 9.17) is 21.1 Å². The first-order chi connectivity index (χ1) is 20.0. The van der Waals surface area contributed by atoms with Gasteiger partial charge in [0.25, 0.3) is 15.9 Å². The number of rotatable bonds is 13. The van der Waals surface area contributed by atoms with E-state index in [9.17, 15) is 17.6 Å². The van der Waals surface area contributed by atoms with Crippen LogP contribution in [0.4, 0.5) is 14.5 Å². The molecule has 230 valence electrons. The van der Waals surface area contributed by atoms with Gasteiger partial charge in [0.15, 0.2) is 0 Å². The van der Waals surface area contributed by atoms with Gasteiger partial charge in [0.1, 0.15) is 17.2 Å². The van der Waals surface area contributed by atoms with Crippen molar-refractivity contribution < 1.29 is 31.5 Å². The minimum Gasteiger partial charge on any atom is -0.378 e. The predicted octanol–water partition coefficient (Wildman–Crippen LogP) is 5.21. The van der Waals surface area contributed by atoms with E-state index in [-0.39, 0.29) is 28.7 Å². The normalized spacial score (nSPS) is 22.4. The number of anilines is 1. The van der Waals surface area contributed by atoms with Crippen LogP contribution < -0.4 is 10.0 Å². The monoisotopic (exact) mass is 643 g/mol. The van der Waals surface area contributed by atoms with Crippen LogP contribution in [0.25, 0.3) is 0 Å². The first-order valence-corrected chi connectivity index (χ1v) is 17.1. The summed E-state index contributed by atoms with van der Waals surface area (Å²) in [6, 6.07) is 7.90. The average molecular weight is 644 g/mol. The predicted molar refractivity (Wildman–Crippen MR) is 158 cm³/mol. The molecule has 0 bridgehead atoms. The summed E-state index contributed by atoms with van der Waals surface area (Å²) in [7, 11) is -4.40. The number of sulfonamides is 1. The smallest absolute Gasteiger partial charge is 0.265 e. The maximum absolute atomic E-state index is 15.4. The molecule has 42 heavy (non-hydrogen) atoms. The third-order valence-electron chi connectivity index (χ3n) is 7.74. The fourth-order valence-corrected chi connectivity index (χ4v) is 7.39. The van der Waals surface area contributed by atoms with Crippen molar-refractivity contribution in [3.05, 3.63) is 53.1 Å². The summed E-state index contributed by atoms with van der Waals surface area (Å²) in [5.41, 5.74) is -1.29. The summed E-state index contributed by atoms with van der Waals surface area (Å²) in [6.45, 7) is 4.36. The van der Waals surface area contributed by atoms with Crippen molar-refractivity contribution in [2.24, 2.45) is 0 Å². The van der Waals surface area contributed by atoms with E-state index in [0.29, 0.717) is 31.3 Å². The van der Waals surface area contributed by atoms with Crippen molar-refractivity contribution in [1.29, 1.82) is 0 Å². The number of benzene rings is 2. The van der Waals surface area contributed by atoms with E-state index in [2.05, 4.69) is 10.2 Å². The molecule has 2 atom stereocenters. The molecule has 2 aromatic rings. The fraction of sp³-hybridized carbons (Fsp3) is 0.552. The Hall–Kier alpha value is -1.96. The minimum absolute atomic E-state index is 0.0206. The van der Waals surface area contributed by atoms with E-state index in [1.807, 2.05) is 4.72 Å². The molecule has 1 aliphatic carbocycles. The van der Waals surface area contributed by atoms with E-state index in [1.54, 1.807) is 19.1 Å². The second-order valence-electron chi connectivity index (χ2n) is 11.3. The lowest BCUT2D eigenvalue weighted by Crippen LogP contribution is -2.53. The molecule has 1 saturated carbocycles. The number of thioether (sulfide) groups is 1. The van der Waals surface area contributed by atoms with Crippen molar-refractivity contribution in [3.8, 4) is 0 Å². The summed E-state index contributed by atoms with van der Waals surface area (Å²) >= 11 is 7.92. The van der Waals surface area contributed by atoms with E-state index in [0.717, 1.165) is 62.3 Å².